The van der Waals surface area contributed by atoms with E-state index >= 15 is 0 Å². The van der Waals surface area contributed by atoms with Gasteiger partial charge in [-0.05, 0) is 42.3 Å². The van der Waals surface area contributed by atoms with Crippen LogP contribution in [0.2, 0.25) is 0 Å². The molecule has 0 bridgehead atoms. The van der Waals surface area contributed by atoms with Crippen molar-refractivity contribution in [3.63, 3.8) is 0 Å². The number of rotatable bonds is 6. The Morgan fingerprint density at radius 2 is 1.97 bits per heavy atom. The average Bonchev–Trinajstić information content (AvgIpc) is 2.74. The first-order chi connectivity index (χ1) is 14.5. The fraction of sp³-hybridized carbons (Fsp3) is 0.227. The summed E-state index contributed by atoms with van der Waals surface area (Å²) in [6.07, 6.45) is 0.812. The van der Waals surface area contributed by atoms with Crippen LogP contribution in [0.1, 0.15) is 18.9 Å². The Kier molecular flexibility index (Phi) is 5.97. The number of methoxy groups -OCH3 is 1. The number of hydrogen-bond acceptors (Lipinski definition) is 6. The first-order valence-electron chi connectivity index (χ1n) is 9.44. The van der Waals surface area contributed by atoms with Gasteiger partial charge in [0.05, 0.1) is 18.0 Å². The highest BCUT2D eigenvalue weighted by molar-refractivity contribution is 9.10. The van der Waals surface area contributed by atoms with E-state index in [0.717, 1.165) is 21.8 Å². The smallest absolute Gasteiger partial charge is 0.336 e. The van der Waals surface area contributed by atoms with Crippen LogP contribution in [0.5, 0.6) is 5.75 Å². The van der Waals surface area contributed by atoms with Crippen LogP contribution in [0.3, 0.4) is 0 Å². The molecule has 30 heavy (non-hydrogen) atoms. The number of ether oxygens (including phenoxy) is 1. The summed E-state index contributed by atoms with van der Waals surface area (Å²) in [5.74, 6) is 1.10. The van der Waals surface area contributed by atoms with E-state index < -0.39 is 5.63 Å². The average molecular weight is 487 g/mol. The highest BCUT2D eigenvalue weighted by Gasteiger charge is 2.14. The predicted octanol–water partition coefficient (Wildman–Crippen LogP) is 4.98. The molecule has 0 N–H and O–H groups in total. The van der Waals surface area contributed by atoms with Gasteiger partial charge in [-0.25, -0.2) is 9.78 Å². The van der Waals surface area contributed by atoms with Crippen LogP contribution in [0.4, 0.5) is 0 Å². The molecule has 0 spiro atoms. The molecule has 0 saturated carbocycles. The van der Waals surface area contributed by atoms with E-state index in [1.54, 1.807) is 23.8 Å². The molecule has 8 heteroatoms. The Labute approximate surface area is 185 Å². The molecule has 0 unspecified atom stereocenters. The lowest BCUT2D eigenvalue weighted by Gasteiger charge is -2.13. The number of aromatic nitrogens is 2. The molecular formula is C22H19BrN2O4S. The summed E-state index contributed by atoms with van der Waals surface area (Å²) >= 11 is 4.86. The van der Waals surface area contributed by atoms with Gasteiger partial charge in [-0.2, -0.15) is 0 Å². The molecule has 0 atom stereocenters. The normalized spacial score (nSPS) is 11.3. The Morgan fingerprint density at radius 1 is 1.13 bits per heavy atom. The summed E-state index contributed by atoms with van der Waals surface area (Å²) in [6, 6.07) is 12.4. The number of hydrogen-bond donors (Lipinski definition) is 0. The fourth-order valence-electron chi connectivity index (χ4n) is 3.30. The van der Waals surface area contributed by atoms with E-state index in [0.29, 0.717) is 39.7 Å². The number of thioether (sulfide) groups is 1. The van der Waals surface area contributed by atoms with Gasteiger partial charge in [-0.1, -0.05) is 34.6 Å². The molecule has 4 rings (SSSR count). The molecule has 0 aliphatic carbocycles. The molecule has 0 fully saturated rings. The largest absolute Gasteiger partial charge is 0.497 e. The van der Waals surface area contributed by atoms with Gasteiger partial charge in [0.2, 0.25) is 0 Å². The lowest BCUT2D eigenvalue weighted by atomic mass is 10.1. The zero-order chi connectivity index (χ0) is 21.3. The molecule has 0 aliphatic heterocycles. The molecule has 6 nitrogen and oxygen atoms in total. The van der Waals surface area contributed by atoms with Crippen molar-refractivity contribution in [1.29, 1.82) is 0 Å². The lowest BCUT2D eigenvalue weighted by molar-refractivity contribution is 0.414. The van der Waals surface area contributed by atoms with Crippen LogP contribution in [0.25, 0.3) is 21.9 Å². The molecular weight excluding hydrogens is 468 g/mol. The quantitative estimate of drug-likeness (QED) is 0.217. The molecule has 0 radical (unpaired) electrons. The van der Waals surface area contributed by atoms with Gasteiger partial charge in [0.1, 0.15) is 11.3 Å². The molecule has 0 aliphatic rings. The maximum atomic E-state index is 13.0. The third kappa shape index (κ3) is 4.02. The van der Waals surface area contributed by atoms with Crippen molar-refractivity contribution in [2.45, 2.75) is 30.8 Å². The Hall–Kier alpha value is -2.58. The topological polar surface area (TPSA) is 74.3 Å². The standard InChI is InChI=1S/C22H19BrN2O4S/c1-3-8-25-21(27)17-10-14(23)4-7-18(17)24-22(25)30-12-13-9-20(26)29-19-11-15(28-2)5-6-16(13)19/h4-7,9-11H,3,8,12H2,1-2H3. The second kappa shape index (κ2) is 8.65. The SMILES string of the molecule is CCCn1c(SCc2cc(=O)oc3cc(OC)ccc23)nc2ccc(Br)cc2c1=O. The Morgan fingerprint density at radius 3 is 2.73 bits per heavy atom. The van der Waals surface area contributed by atoms with Crippen molar-refractivity contribution in [3.8, 4) is 5.75 Å². The zero-order valence-electron chi connectivity index (χ0n) is 16.5. The van der Waals surface area contributed by atoms with Crippen LogP contribution in [0.15, 0.2) is 66.1 Å². The highest BCUT2D eigenvalue weighted by Crippen LogP contribution is 2.28. The van der Waals surface area contributed by atoms with E-state index in [-0.39, 0.29) is 5.56 Å². The maximum Gasteiger partial charge on any atom is 0.336 e. The van der Waals surface area contributed by atoms with Gasteiger partial charge in [-0.3, -0.25) is 9.36 Å². The van der Waals surface area contributed by atoms with E-state index in [1.165, 1.54) is 17.8 Å². The summed E-state index contributed by atoms with van der Waals surface area (Å²) in [7, 11) is 1.57. The second-order valence-corrected chi connectivity index (χ2v) is 8.61. The lowest BCUT2D eigenvalue weighted by Crippen LogP contribution is -2.23. The van der Waals surface area contributed by atoms with Gasteiger partial charge < -0.3 is 9.15 Å². The van der Waals surface area contributed by atoms with Crippen molar-refractivity contribution < 1.29 is 9.15 Å². The fourth-order valence-corrected chi connectivity index (χ4v) is 4.68. The third-order valence-corrected chi connectivity index (χ3v) is 6.24. The van der Waals surface area contributed by atoms with Crippen molar-refractivity contribution >= 4 is 49.6 Å². The van der Waals surface area contributed by atoms with Crippen LogP contribution >= 0.6 is 27.7 Å². The van der Waals surface area contributed by atoms with E-state index in [4.69, 9.17) is 14.1 Å². The van der Waals surface area contributed by atoms with Crippen molar-refractivity contribution in [3.05, 3.63) is 73.3 Å². The number of nitrogens with zero attached hydrogens (tertiary/aromatic N) is 2. The highest BCUT2D eigenvalue weighted by atomic mass is 79.9. The Bertz CT molecular complexity index is 1360. The monoisotopic (exact) mass is 486 g/mol. The summed E-state index contributed by atoms with van der Waals surface area (Å²) in [5, 5.41) is 2.05. The minimum atomic E-state index is -0.423. The third-order valence-electron chi connectivity index (χ3n) is 4.72. The molecule has 4 aromatic rings. The zero-order valence-corrected chi connectivity index (χ0v) is 18.9. The van der Waals surface area contributed by atoms with Gasteiger partial charge in [0.25, 0.3) is 5.56 Å². The minimum Gasteiger partial charge on any atom is -0.497 e. The van der Waals surface area contributed by atoms with E-state index in [2.05, 4.69) is 15.9 Å². The first kappa shape index (κ1) is 20.7. The predicted molar refractivity (Wildman–Crippen MR) is 123 cm³/mol. The number of halogens is 1. The first-order valence-corrected chi connectivity index (χ1v) is 11.2. The molecule has 154 valence electrons. The van der Waals surface area contributed by atoms with E-state index in [9.17, 15) is 9.59 Å². The summed E-state index contributed by atoms with van der Waals surface area (Å²) < 4.78 is 13.1. The van der Waals surface area contributed by atoms with Crippen LogP contribution in [0, 0.1) is 0 Å². The Balaban J connectivity index is 1.76. The van der Waals surface area contributed by atoms with Gasteiger partial charge >= 0.3 is 5.63 Å². The molecule has 2 heterocycles. The van der Waals surface area contributed by atoms with Crippen LogP contribution in [-0.2, 0) is 12.3 Å². The van der Waals surface area contributed by atoms with Crippen molar-refractivity contribution in [1.82, 2.24) is 9.55 Å². The van der Waals surface area contributed by atoms with Gasteiger partial charge in [0.15, 0.2) is 5.16 Å². The summed E-state index contributed by atoms with van der Waals surface area (Å²) in [6.45, 7) is 2.60. The summed E-state index contributed by atoms with van der Waals surface area (Å²) in [5.41, 5.74) is 1.46. The van der Waals surface area contributed by atoms with Gasteiger partial charge in [-0.15, -0.1) is 0 Å². The molecule has 0 saturated heterocycles. The van der Waals surface area contributed by atoms with Crippen molar-refractivity contribution in [2.75, 3.05) is 7.11 Å². The maximum absolute atomic E-state index is 13.0. The second-order valence-electron chi connectivity index (χ2n) is 6.75. The van der Waals surface area contributed by atoms with Crippen LogP contribution < -0.4 is 15.9 Å². The van der Waals surface area contributed by atoms with Crippen molar-refractivity contribution in [2.24, 2.45) is 0 Å². The number of fused-ring (bicyclic) bond motifs is 2. The van der Waals surface area contributed by atoms with Gasteiger partial charge in [0, 0.05) is 34.3 Å². The minimum absolute atomic E-state index is 0.0622. The summed E-state index contributed by atoms with van der Waals surface area (Å²) in [4.78, 5) is 29.8. The van der Waals surface area contributed by atoms with E-state index in [1.807, 2.05) is 31.2 Å². The van der Waals surface area contributed by atoms with Crippen LogP contribution in [-0.4, -0.2) is 16.7 Å². The number of benzene rings is 2. The molecule has 2 aromatic carbocycles. The molecule has 2 aromatic heterocycles. The molecule has 0 amide bonds.